The van der Waals surface area contributed by atoms with Crippen LogP contribution < -0.4 is 15.6 Å². The number of rotatable bonds is 6. The van der Waals surface area contributed by atoms with E-state index in [0.717, 1.165) is 28.1 Å². The van der Waals surface area contributed by atoms with Crippen LogP contribution in [-0.4, -0.2) is 37.1 Å². The Bertz CT molecular complexity index is 1150. The van der Waals surface area contributed by atoms with Crippen LogP contribution in [-0.2, 0) is 14.1 Å². The highest BCUT2D eigenvalue weighted by Gasteiger charge is 2.40. The lowest BCUT2D eigenvalue weighted by Crippen LogP contribution is -2.27. The van der Waals surface area contributed by atoms with Crippen LogP contribution in [0.1, 0.15) is 39.8 Å². The van der Waals surface area contributed by atoms with Gasteiger partial charge in [0.25, 0.3) is 11.5 Å². The average molecular weight is 408 g/mol. The summed E-state index contributed by atoms with van der Waals surface area (Å²) in [6.07, 6.45) is 2.88. The lowest BCUT2D eigenvalue weighted by Gasteiger charge is -2.10. The molecule has 0 spiro atoms. The Morgan fingerprint density at radius 2 is 2.00 bits per heavy atom. The van der Waals surface area contributed by atoms with Crippen molar-refractivity contribution < 1.29 is 9.53 Å². The van der Waals surface area contributed by atoms with Crippen LogP contribution in [0.25, 0.3) is 0 Å². The van der Waals surface area contributed by atoms with E-state index in [4.69, 9.17) is 4.74 Å². The maximum absolute atomic E-state index is 12.5. The van der Waals surface area contributed by atoms with Gasteiger partial charge in [-0.05, 0) is 38.0 Å². The summed E-state index contributed by atoms with van der Waals surface area (Å²) in [5.41, 5.74) is 2.98. The van der Waals surface area contributed by atoms with Gasteiger partial charge in [0, 0.05) is 43.9 Å². The van der Waals surface area contributed by atoms with E-state index in [2.05, 4.69) is 32.6 Å². The van der Waals surface area contributed by atoms with E-state index in [1.807, 2.05) is 13.1 Å². The first-order chi connectivity index (χ1) is 14.3. The molecule has 2 atom stereocenters. The number of hydrogen-bond donors (Lipinski definition) is 1. The van der Waals surface area contributed by atoms with E-state index in [-0.39, 0.29) is 11.6 Å². The van der Waals surface area contributed by atoms with E-state index in [1.54, 1.807) is 20.0 Å². The smallest absolute Gasteiger partial charge is 0.290 e. The molecule has 0 saturated heterocycles. The molecule has 1 saturated carbocycles. The molecule has 1 aliphatic rings. The zero-order valence-corrected chi connectivity index (χ0v) is 17.4. The minimum atomic E-state index is -0.417. The van der Waals surface area contributed by atoms with Crippen molar-refractivity contribution in [2.45, 2.75) is 26.2 Å². The number of aryl methyl sites for hydroxylation is 4. The SMILES string of the molecule is Cc1ccc([C@H]2C[C@@H]2COc2cc(NC(=O)c3cc(C)nn3C)c(=O)n(C)n2)nc1. The molecule has 0 aromatic carbocycles. The van der Waals surface area contributed by atoms with Gasteiger partial charge >= 0.3 is 0 Å². The largest absolute Gasteiger partial charge is 0.476 e. The molecule has 1 fully saturated rings. The molecular weight excluding hydrogens is 384 g/mol. The third-order valence-corrected chi connectivity index (χ3v) is 5.21. The van der Waals surface area contributed by atoms with Crippen molar-refractivity contribution in [1.82, 2.24) is 24.5 Å². The Morgan fingerprint density at radius 3 is 2.67 bits per heavy atom. The molecule has 156 valence electrons. The Balaban J connectivity index is 1.43. The van der Waals surface area contributed by atoms with Crippen molar-refractivity contribution in [3.05, 3.63) is 63.5 Å². The van der Waals surface area contributed by atoms with Gasteiger partial charge in [-0.2, -0.15) is 5.10 Å². The molecular formula is C21H24N6O3. The van der Waals surface area contributed by atoms with Crippen LogP contribution in [0.5, 0.6) is 5.88 Å². The lowest BCUT2D eigenvalue weighted by atomic mass is 10.2. The first-order valence-corrected chi connectivity index (χ1v) is 9.77. The van der Waals surface area contributed by atoms with Gasteiger partial charge in [-0.3, -0.25) is 19.3 Å². The molecule has 3 heterocycles. The van der Waals surface area contributed by atoms with Crippen molar-refractivity contribution in [3.8, 4) is 5.88 Å². The standard InChI is InChI=1S/C21H24N6O3/c1-12-5-6-16(22-10-12)15-8-14(15)11-30-19-9-17(21(29)27(4)25-19)23-20(28)18-7-13(2)24-26(18)3/h5-7,9-10,14-15H,8,11H2,1-4H3,(H,23,28)/t14-,15+/m1/s1. The molecule has 0 unspecified atom stereocenters. The number of amides is 1. The van der Waals surface area contributed by atoms with Gasteiger partial charge in [0.05, 0.1) is 12.3 Å². The Kier molecular flexibility index (Phi) is 5.11. The summed E-state index contributed by atoms with van der Waals surface area (Å²) in [7, 11) is 3.20. The zero-order valence-electron chi connectivity index (χ0n) is 17.4. The van der Waals surface area contributed by atoms with Crippen LogP contribution >= 0.6 is 0 Å². The number of nitrogens with one attached hydrogen (secondary N) is 1. The molecule has 0 radical (unpaired) electrons. The summed E-state index contributed by atoms with van der Waals surface area (Å²) in [5.74, 6) is 0.608. The predicted octanol–water partition coefficient (Wildman–Crippen LogP) is 1.96. The predicted molar refractivity (Wildman–Crippen MR) is 111 cm³/mol. The molecule has 9 heteroatoms. The topological polar surface area (TPSA) is 104 Å². The van der Waals surface area contributed by atoms with E-state index in [0.29, 0.717) is 24.1 Å². The van der Waals surface area contributed by atoms with Gasteiger partial charge in [0.15, 0.2) is 0 Å². The molecule has 30 heavy (non-hydrogen) atoms. The molecule has 3 aromatic rings. The highest BCUT2D eigenvalue weighted by molar-refractivity contribution is 6.03. The number of carbonyl (C=O) groups excluding carboxylic acids is 1. The number of carbonyl (C=O) groups is 1. The van der Waals surface area contributed by atoms with E-state index >= 15 is 0 Å². The van der Waals surface area contributed by atoms with Gasteiger partial charge in [0.1, 0.15) is 11.4 Å². The van der Waals surface area contributed by atoms with Crippen LogP contribution in [0.2, 0.25) is 0 Å². The molecule has 1 aliphatic carbocycles. The second-order valence-electron chi connectivity index (χ2n) is 7.75. The number of anilines is 1. The van der Waals surface area contributed by atoms with Crippen molar-refractivity contribution in [2.24, 2.45) is 20.0 Å². The second-order valence-corrected chi connectivity index (χ2v) is 7.75. The van der Waals surface area contributed by atoms with E-state index in [1.165, 1.54) is 17.8 Å². The third-order valence-electron chi connectivity index (χ3n) is 5.21. The molecule has 0 aliphatic heterocycles. The summed E-state index contributed by atoms with van der Waals surface area (Å²) >= 11 is 0. The first kappa shape index (κ1) is 19.8. The van der Waals surface area contributed by atoms with E-state index in [9.17, 15) is 9.59 Å². The van der Waals surface area contributed by atoms with Crippen molar-refractivity contribution in [3.63, 3.8) is 0 Å². The van der Waals surface area contributed by atoms with Gasteiger partial charge < -0.3 is 10.1 Å². The lowest BCUT2D eigenvalue weighted by molar-refractivity contribution is 0.101. The normalized spacial score (nSPS) is 17.6. The van der Waals surface area contributed by atoms with Crippen molar-refractivity contribution in [2.75, 3.05) is 11.9 Å². The number of hydrogen-bond acceptors (Lipinski definition) is 6. The fourth-order valence-electron chi connectivity index (χ4n) is 3.44. The number of ether oxygens (including phenoxy) is 1. The summed E-state index contributed by atoms with van der Waals surface area (Å²) in [6.45, 7) is 4.28. The van der Waals surface area contributed by atoms with Crippen LogP contribution in [0.4, 0.5) is 5.69 Å². The summed E-state index contributed by atoms with van der Waals surface area (Å²) in [5, 5.41) is 10.9. The quantitative estimate of drug-likeness (QED) is 0.669. The summed E-state index contributed by atoms with van der Waals surface area (Å²) < 4.78 is 8.46. The Labute approximate surface area is 173 Å². The maximum Gasteiger partial charge on any atom is 0.290 e. The summed E-state index contributed by atoms with van der Waals surface area (Å²) in [4.78, 5) is 29.4. The van der Waals surface area contributed by atoms with Gasteiger partial charge in [0.2, 0.25) is 5.88 Å². The van der Waals surface area contributed by atoms with Gasteiger partial charge in [-0.15, -0.1) is 5.10 Å². The molecule has 1 N–H and O–H groups in total. The molecule has 0 bridgehead atoms. The fraction of sp³-hybridized carbons (Fsp3) is 0.381. The van der Waals surface area contributed by atoms with Crippen LogP contribution in [0, 0.1) is 19.8 Å². The van der Waals surface area contributed by atoms with E-state index < -0.39 is 11.5 Å². The average Bonchev–Trinajstić information content (AvgIpc) is 3.40. The molecule has 3 aromatic heterocycles. The minimum absolute atomic E-state index is 0.110. The highest BCUT2D eigenvalue weighted by atomic mass is 16.5. The number of pyridine rings is 1. The minimum Gasteiger partial charge on any atom is -0.476 e. The molecule has 1 amide bonds. The van der Waals surface area contributed by atoms with Crippen molar-refractivity contribution in [1.29, 1.82) is 0 Å². The number of aromatic nitrogens is 5. The first-order valence-electron chi connectivity index (χ1n) is 9.77. The van der Waals surface area contributed by atoms with Crippen LogP contribution in [0.3, 0.4) is 0 Å². The number of nitrogens with zero attached hydrogens (tertiary/aromatic N) is 5. The second kappa shape index (κ2) is 7.74. The molecule has 4 rings (SSSR count). The highest BCUT2D eigenvalue weighted by Crippen LogP contribution is 2.46. The Hall–Kier alpha value is -3.49. The van der Waals surface area contributed by atoms with Crippen molar-refractivity contribution >= 4 is 11.6 Å². The summed E-state index contributed by atoms with van der Waals surface area (Å²) in [6, 6.07) is 7.24. The van der Waals surface area contributed by atoms with Gasteiger partial charge in [-0.25, -0.2) is 4.68 Å². The zero-order chi connectivity index (χ0) is 21.4. The van der Waals surface area contributed by atoms with Gasteiger partial charge in [-0.1, -0.05) is 6.07 Å². The fourth-order valence-corrected chi connectivity index (χ4v) is 3.44. The van der Waals surface area contributed by atoms with Crippen LogP contribution in [0.15, 0.2) is 35.3 Å². The maximum atomic E-state index is 12.5. The third kappa shape index (κ3) is 4.10. The molecule has 9 nitrogen and oxygen atoms in total. The Morgan fingerprint density at radius 1 is 1.20 bits per heavy atom. The monoisotopic (exact) mass is 408 g/mol.